The van der Waals surface area contributed by atoms with Crippen LogP contribution >= 0.6 is 0 Å². The van der Waals surface area contributed by atoms with Gasteiger partial charge in [0.25, 0.3) is 0 Å². The van der Waals surface area contributed by atoms with Crippen LogP contribution in [-0.4, -0.2) is 37.6 Å². The van der Waals surface area contributed by atoms with Crippen molar-refractivity contribution in [1.82, 2.24) is 19.8 Å². The minimum absolute atomic E-state index is 0.00570. The van der Waals surface area contributed by atoms with Gasteiger partial charge in [0.15, 0.2) is 0 Å². The molecule has 0 saturated heterocycles. The van der Waals surface area contributed by atoms with Crippen molar-refractivity contribution in [2.75, 3.05) is 6.61 Å². The molecule has 0 aliphatic carbocycles. The topological polar surface area (TPSA) is 82.2 Å². The van der Waals surface area contributed by atoms with Crippen LogP contribution in [0.25, 0.3) is 5.69 Å². The highest BCUT2D eigenvalue weighted by Crippen LogP contribution is 2.24. The Bertz CT molecular complexity index is 924. The summed E-state index contributed by atoms with van der Waals surface area (Å²) in [6, 6.07) is 16.8. The van der Waals surface area contributed by atoms with E-state index in [1.165, 1.54) is 10.2 Å². The molecule has 1 unspecified atom stereocenters. The molecule has 3 aromatic rings. The molecule has 0 aliphatic heterocycles. The molecule has 142 valence electrons. The molecule has 7 heteroatoms. The molecule has 27 heavy (non-hydrogen) atoms. The highest BCUT2D eigenvalue weighted by atomic mass is 16.5. The third kappa shape index (κ3) is 4.62. The zero-order valence-electron chi connectivity index (χ0n) is 15.7. The Kier molecular flexibility index (Phi) is 5.41. The molecular weight excluding hydrogens is 344 g/mol. The number of aromatic nitrogens is 4. The van der Waals surface area contributed by atoms with Gasteiger partial charge in [-0.2, -0.15) is 9.36 Å². The second-order valence-electron chi connectivity index (χ2n) is 7.43. The van der Waals surface area contributed by atoms with Crippen molar-refractivity contribution in [2.45, 2.75) is 38.8 Å². The van der Waals surface area contributed by atoms with Crippen LogP contribution in [0.2, 0.25) is 0 Å². The molecule has 0 bridgehead atoms. The van der Waals surface area contributed by atoms with Crippen LogP contribution in [0.3, 0.4) is 0 Å². The van der Waals surface area contributed by atoms with Gasteiger partial charge in [-0.3, -0.25) is 0 Å². The van der Waals surface area contributed by atoms with Gasteiger partial charge in [-0.15, -0.1) is 0 Å². The largest absolute Gasteiger partial charge is 0.491 e. The number of hydrogen-bond acceptors (Lipinski definition) is 5. The van der Waals surface area contributed by atoms with Gasteiger partial charge in [0.2, 0.25) is 0 Å². The van der Waals surface area contributed by atoms with E-state index in [0.29, 0.717) is 11.4 Å². The average Bonchev–Trinajstić information content (AvgIpc) is 3.01. The molecule has 1 atom stereocenters. The molecule has 0 saturated carbocycles. The molecule has 1 heterocycles. The highest BCUT2D eigenvalue weighted by Gasteiger charge is 2.15. The number of para-hydroxylation sites is 1. The van der Waals surface area contributed by atoms with Crippen LogP contribution in [0, 0.1) is 0 Å². The van der Waals surface area contributed by atoms with Crippen LogP contribution in [0.4, 0.5) is 0 Å². The Labute approximate surface area is 157 Å². The van der Waals surface area contributed by atoms with Crippen molar-refractivity contribution in [3.05, 3.63) is 70.6 Å². The fraction of sp³-hybridized carbons (Fsp3) is 0.350. The molecule has 0 spiro atoms. The standard InChI is InChI=1S/C20H24N4O3/c1-20(2,3)15-9-11-18(12-10-15)27-14-17(25)13-23-19(26)24(22-21-23)16-7-5-4-6-8-16/h4-12,17,25H,13-14H2,1-3H3. The summed E-state index contributed by atoms with van der Waals surface area (Å²) in [5, 5.41) is 17.9. The first-order chi connectivity index (χ1) is 12.8. The SMILES string of the molecule is CC(C)(C)c1ccc(OCC(O)Cn2nnn(-c3ccccc3)c2=O)cc1. The quantitative estimate of drug-likeness (QED) is 0.721. The van der Waals surface area contributed by atoms with Gasteiger partial charge in [0.1, 0.15) is 18.5 Å². The first-order valence-corrected chi connectivity index (χ1v) is 8.84. The maximum absolute atomic E-state index is 12.4. The number of aliphatic hydroxyl groups is 1. The van der Waals surface area contributed by atoms with Gasteiger partial charge in [0, 0.05) is 0 Å². The number of tetrazole rings is 1. The smallest absolute Gasteiger partial charge is 0.368 e. The molecule has 0 aliphatic rings. The lowest BCUT2D eigenvalue weighted by Gasteiger charge is -2.19. The van der Waals surface area contributed by atoms with Crippen LogP contribution < -0.4 is 10.4 Å². The van der Waals surface area contributed by atoms with Gasteiger partial charge in [-0.25, -0.2) is 4.79 Å². The number of hydrogen-bond donors (Lipinski definition) is 1. The monoisotopic (exact) mass is 368 g/mol. The summed E-state index contributed by atoms with van der Waals surface area (Å²) < 4.78 is 7.94. The summed E-state index contributed by atoms with van der Waals surface area (Å²) in [5.74, 6) is 0.669. The summed E-state index contributed by atoms with van der Waals surface area (Å²) >= 11 is 0. The number of nitrogens with zero attached hydrogens (tertiary/aromatic N) is 4. The molecule has 1 aromatic heterocycles. The minimum atomic E-state index is -0.883. The zero-order chi connectivity index (χ0) is 19.4. The van der Waals surface area contributed by atoms with E-state index >= 15 is 0 Å². The maximum Gasteiger partial charge on any atom is 0.368 e. The summed E-state index contributed by atoms with van der Waals surface area (Å²) in [5.41, 5.74) is 1.50. The van der Waals surface area contributed by atoms with Crippen LogP contribution in [0.1, 0.15) is 26.3 Å². The predicted octanol–water partition coefficient (Wildman–Crippen LogP) is 2.17. The number of aliphatic hydroxyl groups excluding tert-OH is 1. The highest BCUT2D eigenvalue weighted by molar-refractivity contribution is 5.31. The average molecular weight is 368 g/mol. The number of benzene rings is 2. The van der Waals surface area contributed by atoms with Crippen LogP contribution in [0.15, 0.2) is 59.4 Å². The van der Waals surface area contributed by atoms with E-state index in [0.717, 1.165) is 4.68 Å². The van der Waals surface area contributed by atoms with Crippen LogP contribution in [0.5, 0.6) is 5.75 Å². The molecular formula is C20H24N4O3. The van der Waals surface area contributed by atoms with Gasteiger partial charge in [0.05, 0.1) is 12.2 Å². The Morgan fingerprint density at radius 3 is 2.33 bits per heavy atom. The van der Waals surface area contributed by atoms with Crippen molar-refractivity contribution in [3.63, 3.8) is 0 Å². The van der Waals surface area contributed by atoms with Crippen LogP contribution in [-0.2, 0) is 12.0 Å². The van der Waals surface area contributed by atoms with Crippen molar-refractivity contribution in [3.8, 4) is 11.4 Å². The summed E-state index contributed by atoms with van der Waals surface area (Å²) in [7, 11) is 0. The maximum atomic E-state index is 12.4. The van der Waals surface area contributed by atoms with E-state index in [-0.39, 0.29) is 18.6 Å². The summed E-state index contributed by atoms with van der Waals surface area (Å²) in [4.78, 5) is 12.4. The fourth-order valence-electron chi connectivity index (χ4n) is 2.62. The molecule has 2 aromatic carbocycles. The minimum Gasteiger partial charge on any atom is -0.491 e. The second kappa shape index (κ2) is 7.75. The van der Waals surface area contributed by atoms with E-state index in [2.05, 4.69) is 31.2 Å². The second-order valence-corrected chi connectivity index (χ2v) is 7.43. The first kappa shape index (κ1) is 18.8. The lowest BCUT2D eigenvalue weighted by atomic mass is 9.87. The molecule has 0 radical (unpaired) electrons. The molecule has 1 N–H and O–H groups in total. The first-order valence-electron chi connectivity index (χ1n) is 8.84. The van der Waals surface area contributed by atoms with Crippen molar-refractivity contribution in [1.29, 1.82) is 0 Å². The zero-order valence-corrected chi connectivity index (χ0v) is 15.7. The normalized spacial score (nSPS) is 12.7. The van der Waals surface area contributed by atoms with E-state index in [1.54, 1.807) is 12.1 Å². The lowest BCUT2D eigenvalue weighted by molar-refractivity contribution is 0.0878. The summed E-state index contributed by atoms with van der Waals surface area (Å²) in [6.45, 7) is 6.50. The molecule has 7 nitrogen and oxygen atoms in total. The van der Waals surface area contributed by atoms with Crippen molar-refractivity contribution >= 4 is 0 Å². The van der Waals surface area contributed by atoms with E-state index in [9.17, 15) is 9.90 Å². The summed E-state index contributed by atoms with van der Waals surface area (Å²) in [6.07, 6.45) is -0.883. The Balaban J connectivity index is 1.59. The molecule has 3 rings (SSSR count). The molecule has 0 amide bonds. The van der Waals surface area contributed by atoms with E-state index < -0.39 is 11.8 Å². The van der Waals surface area contributed by atoms with E-state index in [1.807, 2.05) is 42.5 Å². The third-order valence-electron chi connectivity index (χ3n) is 4.19. The van der Waals surface area contributed by atoms with Crippen molar-refractivity contribution in [2.24, 2.45) is 0 Å². The van der Waals surface area contributed by atoms with E-state index in [4.69, 9.17) is 4.74 Å². The third-order valence-corrected chi connectivity index (χ3v) is 4.19. The van der Waals surface area contributed by atoms with Crippen molar-refractivity contribution < 1.29 is 9.84 Å². The van der Waals surface area contributed by atoms with Gasteiger partial charge < -0.3 is 9.84 Å². The van der Waals surface area contributed by atoms with Gasteiger partial charge in [-0.1, -0.05) is 51.1 Å². The Hall–Kier alpha value is -2.93. The van der Waals surface area contributed by atoms with Gasteiger partial charge in [-0.05, 0) is 45.7 Å². The lowest BCUT2D eigenvalue weighted by Crippen LogP contribution is -2.31. The fourth-order valence-corrected chi connectivity index (χ4v) is 2.62. The number of rotatable bonds is 6. The number of ether oxygens (including phenoxy) is 1. The Morgan fingerprint density at radius 1 is 1.04 bits per heavy atom. The van der Waals surface area contributed by atoms with Gasteiger partial charge >= 0.3 is 5.69 Å². The molecule has 0 fully saturated rings. The predicted molar refractivity (Wildman–Crippen MR) is 102 cm³/mol. The Morgan fingerprint density at radius 2 is 1.70 bits per heavy atom.